The van der Waals surface area contributed by atoms with Gasteiger partial charge in [0.25, 0.3) is 0 Å². The Morgan fingerprint density at radius 3 is 2.00 bits per heavy atom. The number of nitrogen functional groups attached to an aromatic ring is 1. The van der Waals surface area contributed by atoms with Crippen LogP contribution in [0, 0.1) is 29.1 Å². The van der Waals surface area contributed by atoms with E-state index in [0.717, 1.165) is 17.8 Å². The molecule has 1 aromatic heterocycles. The van der Waals surface area contributed by atoms with E-state index in [1.54, 1.807) is 6.26 Å². The van der Waals surface area contributed by atoms with Crippen molar-refractivity contribution in [1.82, 2.24) is 9.97 Å². The molecule has 0 aliphatic carbocycles. The molecule has 0 amide bonds. The Bertz CT molecular complexity index is 680. The van der Waals surface area contributed by atoms with Crippen LogP contribution in [0.3, 0.4) is 0 Å². The Morgan fingerprint density at radius 1 is 0.952 bits per heavy atom. The molecule has 2 rings (SSSR count). The number of nitrogens with zero attached hydrogens (tertiary/aromatic N) is 2. The van der Waals surface area contributed by atoms with E-state index in [4.69, 9.17) is 5.73 Å². The lowest BCUT2D eigenvalue weighted by atomic mass is 10.2. The number of benzene rings is 1. The van der Waals surface area contributed by atoms with Gasteiger partial charge in [-0.3, -0.25) is 0 Å². The lowest BCUT2D eigenvalue weighted by Gasteiger charge is -2.11. The molecule has 0 radical (unpaired) electrons. The van der Waals surface area contributed by atoms with Crippen molar-refractivity contribution in [2.24, 2.45) is 0 Å². The molecule has 0 fully saturated rings. The molecular formula is C11H7F5N4S. The minimum atomic E-state index is -2.23. The van der Waals surface area contributed by atoms with Gasteiger partial charge in [0.15, 0.2) is 28.4 Å². The van der Waals surface area contributed by atoms with Crippen molar-refractivity contribution in [2.75, 3.05) is 17.3 Å². The molecule has 1 aromatic carbocycles. The van der Waals surface area contributed by atoms with Gasteiger partial charge in [0.1, 0.15) is 17.3 Å². The molecule has 0 saturated carbocycles. The van der Waals surface area contributed by atoms with Crippen molar-refractivity contribution < 1.29 is 22.0 Å². The van der Waals surface area contributed by atoms with Crippen molar-refractivity contribution in [1.29, 1.82) is 0 Å². The van der Waals surface area contributed by atoms with Crippen LogP contribution in [0.2, 0.25) is 0 Å². The van der Waals surface area contributed by atoms with Crippen LogP contribution in [-0.4, -0.2) is 16.2 Å². The molecule has 1 heterocycles. The van der Waals surface area contributed by atoms with Crippen LogP contribution in [-0.2, 0) is 0 Å². The summed E-state index contributed by atoms with van der Waals surface area (Å²) in [5, 5.41) is 2.19. The number of nitrogens with two attached hydrogens (primary N) is 1. The molecule has 0 aliphatic heterocycles. The van der Waals surface area contributed by atoms with Gasteiger partial charge in [0.05, 0.1) is 0 Å². The summed E-state index contributed by atoms with van der Waals surface area (Å²) < 4.78 is 66.1. The van der Waals surface area contributed by atoms with Crippen LogP contribution < -0.4 is 11.1 Å². The van der Waals surface area contributed by atoms with Gasteiger partial charge < -0.3 is 11.1 Å². The number of hydrogen-bond donors (Lipinski definition) is 2. The fourth-order valence-electron chi connectivity index (χ4n) is 1.44. The highest BCUT2D eigenvalue weighted by atomic mass is 32.2. The first-order chi connectivity index (χ1) is 9.85. The first-order valence-corrected chi connectivity index (χ1v) is 6.54. The van der Waals surface area contributed by atoms with Crippen LogP contribution in [0.15, 0.2) is 11.2 Å². The molecule has 4 nitrogen and oxygen atoms in total. The third-order valence-electron chi connectivity index (χ3n) is 2.37. The minimum absolute atomic E-state index is 0.0271. The summed E-state index contributed by atoms with van der Waals surface area (Å²) in [6.07, 6.45) is 1.62. The zero-order valence-corrected chi connectivity index (χ0v) is 11.2. The lowest BCUT2D eigenvalue weighted by Crippen LogP contribution is -2.08. The van der Waals surface area contributed by atoms with Gasteiger partial charge in [-0.05, 0) is 6.26 Å². The highest BCUT2D eigenvalue weighted by Crippen LogP contribution is 2.29. The van der Waals surface area contributed by atoms with Crippen molar-refractivity contribution in [3.63, 3.8) is 0 Å². The largest absolute Gasteiger partial charge is 0.383 e. The monoisotopic (exact) mass is 322 g/mol. The molecule has 10 heteroatoms. The summed E-state index contributed by atoms with van der Waals surface area (Å²) in [4.78, 5) is 7.58. The predicted molar refractivity (Wildman–Crippen MR) is 67.7 cm³/mol. The number of rotatable bonds is 3. The van der Waals surface area contributed by atoms with E-state index in [2.05, 4.69) is 9.97 Å². The zero-order valence-electron chi connectivity index (χ0n) is 10.3. The fraction of sp³-hybridized carbons (Fsp3) is 0.0909. The SMILES string of the molecule is CSc1nc(N)cc(Nc2c(F)c(F)c(F)c(F)c2F)n1. The molecule has 3 N–H and O–H groups in total. The Labute approximate surface area is 119 Å². The van der Waals surface area contributed by atoms with Gasteiger partial charge in [-0.1, -0.05) is 11.8 Å². The second kappa shape index (κ2) is 5.72. The van der Waals surface area contributed by atoms with E-state index in [1.807, 2.05) is 5.32 Å². The number of halogens is 5. The van der Waals surface area contributed by atoms with Crippen molar-refractivity contribution in [3.05, 3.63) is 35.2 Å². The maximum absolute atomic E-state index is 13.5. The molecule has 0 spiro atoms. The summed E-state index contributed by atoms with van der Waals surface area (Å²) >= 11 is 1.09. The van der Waals surface area contributed by atoms with Crippen molar-refractivity contribution >= 4 is 29.1 Å². The fourth-order valence-corrected chi connectivity index (χ4v) is 1.83. The predicted octanol–water partition coefficient (Wildman–Crippen LogP) is 3.22. The number of hydrogen-bond acceptors (Lipinski definition) is 5. The van der Waals surface area contributed by atoms with E-state index in [1.165, 1.54) is 0 Å². The first-order valence-electron chi connectivity index (χ1n) is 5.32. The average molecular weight is 322 g/mol. The molecular weight excluding hydrogens is 315 g/mol. The van der Waals surface area contributed by atoms with Crippen LogP contribution >= 0.6 is 11.8 Å². The van der Waals surface area contributed by atoms with E-state index in [9.17, 15) is 22.0 Å². The number of nitrogens with one attached hydrogen (secondary N) is 1. The number of aromatic nitrogens is 2. The van der Waals surface area contributed by atoms with Crippen LogP contribution in [0.4, 0.5) is 39.3 Å². The van der Waals surface area contributed by atoms with Crippen molar-refractivity contribution in [2.45, 2.75) is 5.16 Å². The maximum Gasteiger partial charge on any atom is 0.200 e. The Kier molecular flexibility index (Phi) is 4.16. The summed E-state index contributed by atoms with van der Waals surface area (Å²) in [6, 6.07) is 1.10. The number of thioether (sulfide) groups is 1. The van der Waals surface area contributed by atoms with E-state index in [0.29, 0.717) is 0 Å². The highest BCUT2D eigenvalue weighted by molar-refractivity contribution is 7.98. The first kappa shape index (κ1) is 15.3. The summed E-state index contributed by atoms with van der Waals surface area (Å²) in [6.45, 7) is 0. The van der Waals surface area contributed by atoms with Gasteiger partial charge in [-0.25, -0.2) is 31.9 Å². The topological polar surface area (TPSA) is 63.8 Å². The Hall–Kier alpha value is -2.10. The summed E-state index contributed by atoms with van der Waals surface area (Å²) in [7, 11) is 0. The smallest absolute Gasteiger partial charge is 0.200 e. The molecule has 0 bridgehead atoms. The van der Waals surface area contributed by atoms with E-state index in [-0.39, 0.29) is 16.8 Å². The standard InChI is InChI=1S/C11H7F5N4S/c1-21-11-18-3(17)2-4(20-11)19-10-8(15)6(13)5(12)7(14)9(10)16/h2H,1H3,(H3,17,18,19,20). The van der Waals surface area contributed by atoms with Gasteiger partial charge >= 0.3 is 0 Å². The van der Waals surface area contributed by atoms with Gasteiger partial charge in [0.2, 0.25) is 5.82 Å². The molecule has 2 aromatic rings. The summed E-state index contributed by atoms with van der Waals surface area (Å²) in [5.41, 5.74) is 4.24. The zero-order chi connectivity index (χ0) is 15.7. The highest BCUT2D eigenvalue weighted by Gasteiger charge is 2.26. The van der Waals surface area contributed by atoms with Crippen LogP contribution in [0.5, 0.6) is 0 Å². The molecule has 0 atom stereocenters. The molecule has 0 unspecified atom stereocenters. The van der Waals surface area contributed by atoms with Gasteiger partial charge in [-0.15, -0.1) is 0 Å². The third-order valence-corrected chi connectivity index (χ3v) is 2.92. The van der Waals surface area contributed by atoms with E-state index < -0.39 is 34.8 Å². The van der Waals surface area contributed by atoms with Crippen LogP contribution in [0.1, 0.15) is 0 Å². The van der Waals surface area contributed by atoms with E-state index >= 15 is 0 Å². The lowest BCUT2D eigenvalue weighted by molar-refractivity contribution is 0.382. The van der Waals surface area contributed by atoms with Gasteiger partial charge in [0, 0.05) is 6.07 Å². The van der Waals surface area contributed by atoms with Gasteiger partial charge in [-0.2, -0.15) is 0 Å². The van der Waals surface area contributed by atoms with Crippen LogP contribution in [0.25, 0.3) is 0 Å². The molecule has 0 saturated heterocycles. The summed E-state index contributed by atoms with van der Waals surface area (Å²) in [5.74, 6) is -10.5. The molecule has 0 aliphatic rings. The molecule has 21 heavy (non-hydrogen) atoms. The normalized spacial score (nSPS) is 10.8. The average Bonchev–Trinajstić information content (AvgIpc) is 2.47. The second-order valence-corrected chi connectivity index (χ2v) is 4.51. The second-order valence-electron chi connectivity index (χ2n) is 3.73. The quantitative estimate of drug-likeness (QED) is 0.299. The van der Waals surface area contributed by atoms with Crippen molar-refractivity contribution in [3.8, 4) is 0 Å². The number of anilines is 3. The Morgan fingerprint density at radius 2 is 1.48 bits per heavy atom. The molecule has 112 valence electrons. The third kappa shape index (κ3) is 2.84. The minimum Gasteiger partial charge on any atom is -0.383 e. The maximum atomic E-state index is 13.5. The Balaban J connectivity index is 2.52.